The van der Waals surface area contributed by atoms with Crippen LogP contribution >= 0.6 is 0 Å². The second kappa shape index (κ2) is 4.53. The number of anilines is 1. The van der Waals surface area contributed by atoms with Gasteiger partial charge < -0.3 is 0 Å². The SMILES string of the molecule is CC1(c2ccccc2)CC(C)(C)N2C(=O)C(=O)c3cc(F)cc1c32. The molecule has 2 aromatic rings. The van der Waals surface area contributed by atoms with Gasteiger partial charge in [-0.25, -0.2) is 4.39 Å². The van der Waals surface area contributed by atoms with Gasteiger partial charge in [-0.3, -0.25) is 14.5 Å². The van der Waals surface area contributed by atoms with Gasteiger partial charge in [0.2, 0.25) is 0 Å². The second-order valence-corrected chi connectivity index (χ2v) is 7.51. The Morgan fingerprint density at radius 2 is 1.71 bits per heavy atom. The van der Waals surface area contributed by atoms with Crippen molar-refractivity contribution in [2.45, 2.75) is 38.1 Å². The van der Waals surface area contributed by atoms with E-state index in [0.29, 0.717) is 17.7 Å². The van der Waals surface area contributed by atoms with E-state index in [9.17, 15) is 14.0 Å². The van der Waals surface area contributed by atoms with Crippen molar-refractivity contribution in [3.63, 3.8) is 0 Å². The fourth-order valence-electron chi connectivity index (χ4n) is 4.43. The van der Waals surface area contributed by atoms with Crippen LogP contribution in [0.25, 0.3) is 0 Å². The van der Waals surface area contributed by atoms with E-state index in [1.54, 1.807) is 4.90 Å². The molecule has 24 heavy (non-hydrogen) atoms. The molecule has 4 rings (SSSR count). The van der Waals surface area contributed by atoms with Crippen molar-refractivity contribution in [1.82, 2.24) is 0 Å². The number of carbonyl (C=O) groups excluding carboxylic acids is 2. The van der Waals surface area contributed by atoms with Crippen molar-refractivity contribution in [2.24, 2.45) is 0 Å². The first-order valence-electron chi connectivity index (χ1n) is 8.04. The Balaban J connectivity index is 2.08. The zero-order chi connectivity index (χ0) is 17.3. The van der Waals surface area contributed by atoms with E-state index < -0.39 is 28.5 Å². The molecule has 0 aliphatic carbocycles. The van der Waals surface area contributed by atoms with Gasteiger partial charge in [0.15, 0.2) is 0 Å². The monoisotopic (exact) mass is 323 g/mol. The third kappa shape index (κ3) is 1.77. The third-order valence-corrected chi connectivity index (χ3v) is 5.34. The predicted octanol–water partition coefficient (Wildman–Crippen LogP) is 3.84. The number of carbonyl (C=O) groups is 2. The van der Waals surface area contributed by atoms with Gasteiger partial charge >= 0.3 is 0 Å². The summed E-state index contributed by atoms with van der Waals surface area (Å²) in [6.07, 6.45) is 0.610. The van der Waals surface area contributed by atoms with Crippen LogP contribution in [0.2, 0.25) is 0 Å². The molecule has 4 heteroatoms. The maximum absolute atomic E-state index is 14.2. The highest BCUT2D eigenvalue weighted by Crippen LogP contribution is 2.53. The number of Topliss-reactive ketones (excluding diaryl/α,β-unsaturated/α-hetero) is 1. The van der Waals surface area contributed by atoms with Crippen LogP contribution in [0, 0.1) is 5.82 Å². The molecule has 0 aromatic heterocycles. The van der Waals surface area contributed by atoms with Gasteiger partial charge in [-0.15, -0.1) is 0 Å². The molecule has 0 saturated heterocycles. The number of nitrogens with zero attached hydrogens (tertiary/aromatic N) is 1. The average Bonchev–Trinajstić information content (AvgIpc) is 2.79. The fraction of sp³-hybridized carbons (Fsp3) is 0.300. The van der Waals surface area contributed by atoms with Crippen LogP contribution in [-0.4, -0.2) is 17.2 Å². The lowest BCUT2D eigenvalue weighted by molar-refractivity contribution is -0.115. The molecule has 2 heterocycles. The van der Waals surface area contributed by atoms with Crippen molar-refractivity contribution in [3.8, 4) is 0 Å². The van der Waals surface area contributed by atoms with Crippen molar-refractivity contribution in [2.75, 3.05) is 4.90 Å². The molecule has 2 aliphatic heterocycles. The smallest absolute Gasteiger partial charge is 0.299 e. The van der Waals surface area contributed by atoms with Gasteiger partial charge in [-0.05, 0) is 43.5 Å². The number of hydrogen-bond donors (Lipinski definition) is 0. The van der Waals surface area contributed by atoms with Crippen LogP contribution in [0.4, 0.5) is 10.1 Å². The Kier molecular flexibility index (Phi) is 2.84. The molecule has 3 nitrogen and oxygen atoms in total. The molecule has 1 atom stereocenters. The average molecular weight is 323 g/mol. The molecule has 1 unspecified atom stereocenters. The predicted molar refractivity (Wildman–Crippen MR) is 89.8 cm³/mol. The highest BCUT2D eigenvalue weighted by atomic mass is 19.1. The molecule has 0 spiro atoms. The minimum Gasteiger partial charge on any atom is -0.299 e. The molecule has 0 saturated carbocycles. The van der Waals surface area contributed by atoms with E-state index in [1.807, 2.05) is 44.2 Å². The number of rotatable bonds is 1. The Bertz CT molecular complexity index is 888. The molecule has 2 aromatic carbocycles. The zero-order valence-corrected chi connectivity index (χ0v) is 13.9. The summed E-state index contributed by atoms with van der Waals surface area (Å²) in [7, 11) is 0. The molecular formula is C20H18FNO2. The zero-order valence-electron chi connectivity index (χ0n) is 13.9. The van der Waals surface area contributed by atoms with E-state index >= 15 is 0 Å². The van der Waals surface area contributed by atoms with Crippen LogP contribution in [-0.2, 0) is 10.2 Å². The molecule has 122 valence electrons. The normalized spacial score (nSPS) is 24.2. The summed E-state index contributed by atoms with van der Waals surface area (Å²) in [6.45, 7) is 5.98. The summed E-state index contributed by atoms with van der Waals surface area (Å²) in [6, 6.07) is 12.5. The topological polar surface area (TPSA) is 37.4 Å². The quantitative estimate of drug-likeness (QED) is 0.748. The van der Waals surface area contributed by atoms with Crippen molar-refractivity contribution < 1.29 is 14.0 Å². The molecule has 2 aliphatic rings. The third-order valence-electron chi connectivity index (χ3n) is 5.34. The van der Waals surface area contributed by atoms with Gasteiger partial charge in [0.05, 0.1) is 11.3 Å². The first-order chi connectivity index (χ1) is 11.3. The maximum atomic E-state index is 14.2. The van der Waals surface area contributed by atoms with Gasteiger partial charge in [0, 0.05) is 11.0 Å². The molecule has 0 fully saturated rings. The number of amides is 1. The van der Waals surface area contributed by atoms with Crippen molar-refractivity contribution in [1.29, 1.82) is 0 Å². The number of benzene rings is 2. The molecule has 0 radical (unpaired) electrons. The minimum atomic E-state index is -0.615. The number of hydrogen-bond acceptors (Lipinski definition) is 2. The van der Waals surface area contributed by atoms with Gasteiger partial charge in [0.25, 0.3) is 11.7 Å². The molecule has 0 N–H and O–H groups in total. The summed E-state index contributed by atoms with van der Waals surface area (Å²) in [4.78, 5) is 26.4. The van der Waals surface area contributed by atoms with Crippen LogP contribution in [0.15, 0.2) is 42.5 Å². The van der Waals surface area contributed by atoms with Crippen molar-refractivity contribution >= 4 is 17.4 Å². The fourth-order valence-corrected chi connectivity index (χ4v) is 4.43. The highest BCUT2D eigenvalue weighted by molar-refractivity contribution is 6.52. The largest absolute Gasteiger partial charge is 0.299 e. The summed E-state index contributed by atoms with van der Waals surface area (Å²) < 4.78 is 14.2. The highest BCUT2D eigenvalue weighted by Gasteiger charge is 2.54. The Morgan fingerprint density at radius 3 is 2.38 bits per heavy atom. The van der Waals surface area contributed by atoms with Crippen LogP contribution < -0.4 is 4.90 Å². The van der Waals surface area contributed by atoms with E-state index in [-0.39, 0.29) is 5.56 Å². The Hall–Kier alpha value is -2.49. The summed E-state index contributed by atoms with van der Waals surface area (Å²) >= 11 is 0. The summed E-state index contributed by atoms with van der Waals surface area (Å²) in [5.74, 6) is -1.65. The lowest BCUT2D eigenvalue weighted by atomic mass is 9.65. The lowest BCUT2D eigenvalue weighted by Crippen LogP contribution is -2.54. The van der Waals surface area contributed by atoms with Gasteiger partial charge in [-0.1, -0.05) is 37.3 Å². The first kappa shape index (κ1) is 15.1. The van der Waals surface area contributed by atoms with Crippen LogP contribution in [0.3, 0.4) is 0 Å². The Morgan fingerprint density at radius 1 is 1.04 bits per heavy atom. The first-order valence-corrected chi connectivity index (χ1v) is 8.04. The summed E-state index contributed by atoms with van der Waals surface area (Å²) in [5.41, 5.74) is 1.52. The van der Waals surface area contributed by atoms with Gasteiger partial charge in [-0.2, -0.15) is 0 Å². The van der Waals surface area contributed by atoms with E-state index in [4.69, 9.17) is 0 Å². The van der Waals surface area contributed by atoms with Gasteiger partial charge in [0.1, 0.15) is 5.82 Å². The van der Waals surface area contributed by atoms with E-state index in [1.165, 1.54) is 12.1 Å². The molecular weight excluding hydrogens is 305 g/mol. The standard InChI is InChI=1S/C20H18FNO2/c1-19(2)11-20(3,12-7-5-4-6-8-12)15-10-13(21)9-14-16(15)22(19)18(24)17(14)23/h4-10H,11H2,1-3H3. The van der Waals surface area contributed by atoms with Crippen molar-refractivity contribution in [3.05, 3.63) is 65.0 Å². The number of ketones is 1. The Labute approximate surface area is 140 Å². The lowest BCUT2D eigenvalue weighted by Gasteiger charge is -2.49. The summed E-state index contributed by atoms with van der Waals surface area (Å²) in [5, 5.41) is 0. The van der Waals surface area contributed by atoms with E-state index in [2.05, 4.69) is 6.92 Å². The second-order valence-electron chi connectivity index (χ2n) is 7.51. The molecule has 0 bridgehead atoms. The van der Waals surface area contributed by atoms with Crippen LogP contribution in [0.1, 0.15) is 48.7 Å². The minimum absolute atomic E-state index is 0.185. The molecule has 1 amide bonds. The number of halogens is 1. The van der Waals surface area contributed by atoms with Crippen LogP contribution in [0.5, 0.6) is 0 Å². The maximum Gasteiger partial charge on any atom is 0.299 e. The van der Waals surface area contributed by atoms with E-state index in [0.717, 1.165) is 5.56 Å².